The summed E-state index contributed by atoms with van der Waals surface area (Å²) in [5.41, 5.74) is 0.829. The van der Waals surface area contributed by atoms with Crippen LogP contribution in [-0.4, -0.2) is 48.6 Å². The second-order valence-electron chi connectivity index (χ2n) is 8.14. The van der Waals surface area contributed by atoms with Gasteiger partial charge in [-0.15, -0.1) is 0 Å². The van der Waals surface area contributed by atoms with E-state index >= 15 is 0 Å². The van der Waals surface area contributed by atoms with Crippen molar-refractivity contribution in [3.05, 3.63) is 30.1 Å². The maximum absolute atomic E-state index is 12.4. The fourth-order valence-electron chi connectivity index (χ4n) is 4.62. The summed E-state index contributed by atoms with van der Waals surface area (Å²) in [6.07, 6.45) is 8.40. The van der Waals surface area contributed by atoms with Gasteiger partial charge in [0.15, 0.2) is 0 Å². The van der Waals surface area contributed by atoms with E-state index < -0.39 is 0 Å². The number of carbonyl (C=O) groups is 1. The van der Waals surface area contributed by atoms with Gasteiger partial charge in [0.05, 0.1) is 18.2 Å². The van der Waals surface area contributed by atoms with E-state index in [1.54, 1.807) is 0 Å². The van der Waals surface area contributed by atoms with Crippen LogP contribution in [0.3, 0.4) is 0 Å². The molecule has 0 spiro atoms. The Hall–Kier alpha value is -1.46. The summed E-state index contributed by atoms with van der Waals surface area (Å²) in [5, 5.41) is 3.74. The van der Waals surface area contributed by atoms with Crippen LogP contribution in [0.25, 0.3) is 0 Å². The first-order chi connectivity index (χ1) is 12.6. The smallest absolute Gasteiger partial charge is 0.313 e. The van der Waals surface area contributed by atoms with Gasteiger partial charge in [-0.1, -0.05) is 32.3 Å². The van der Waals surface area contributed by atoms with Crippen molar-refractivity contribution in [2.45, 2.75) is 58.0 Å². The van der Waals surface area contributed by atoms with Gasteiger partial charge >= 0.3 is 5.97 Å². The maximum Gasteiger partial charge on any atom is 0.313 e. The van der Waals surface area contributed by atoms with Gasteiger partial charge in [-0.3, -0.25) is 14.7 Å². The molecule has 0 bridgehead atoms. The number of nitrogens with zero attached hydrogens (tertiary/aromatic N) is 2. The van der Waals surface area contributed by atoms with E-state index in [-0.39, 0.29) is 11.4 Å². The van der Waals surface area contributed by atoms with E-state index in [2.05, 4.69) is 34.3 Å². The maximum atomic E-state index is 12.4. The second-order valence-corrected chi connectivity index (χ2v) is 8.14. The van der Waals surface area contributed by atoms with Crippen LogP contribution < -0.4 is 5.32 Å². The average molecular weight is 360 g/mol. The van der Waals surface area contributed by atoms with Gasteiger partial charge in [0.25, 0.3) is 0 Å². The van der Waals surface area contributed by atoms with E-state index in [1.807, 2.05) is 12.3 Å². The lowest BCUT2D eigenvalue weighted by atomic mass is 9.73. The Labute approximate surface area is 157 Å². The molecule has 3 rings (SSSR count). The highest BCUT2D eigenvalue weighted by molar-refractivity contribution is 5.77. The lowest BCUT2D eigenvalue weighted by Gasteiger charge is -2.40. The van der Waals surface area contributed by atoms with Crippen molar-refractivity contribution in [3.8, 4) is 0 Å². The minimum absolute atomic E-state index is 0.0232. The van der Waals surface area contributed by atoms with Gasteiger partial charge in [-0.2, -0.15) is 0 Å². The van der Waals surface area contributed by atoms with Gasteiger partial charge in [0.2, 0.25) is 0 Å². The van der Waals surface area contributed by atoms with Crippen LogP contribution in [-0.2, 0) is 16.1 Å². The van der Waals surface area contributed by atoms with Crippen LogP contribution in [0.15, 0.2) is 24.4 Å². The Morgan fingerprint density at radius 3 is 2.81 bits per heavy atom. The van der Waals surface area contributed by atoms with E-state index in [1.165, 1.54) is 13.5 Å². The van der Waals surface area contributed by atoms with Crippen molar-refractivity contribution >= 4 is 5.97 Å². The quantitative estimate of drug-likeness (QED) is 0.792. The normalized spacial score (nSPS) is 26.4. The molecule has 2 fully saturated rings. The monoisotopic (exact) mass is 359 g/mol. The largest absolute Gasteiger partial charge is 0.469 e. The van der Waals surface area contributed by atoms with Crippen molar-refractivity contribution in [2.24, 2.45) is 11.3 Å². The molecule has 1 aliphatic heterocycles. The third-order valence-electron chi connectivity index (χ3n) is 6.23. The molecule has 26 heavy (non-hydrogen) atoms. The van der Waals surface area contributed by atoms with Crippen molar-refractivity contribution in [1.29, 1.82) is 0 Å². The molecule has 144 valence electrons. The molecule has 0 amide bonds. The van der Waals surface area contributed by atoms with E-state index in [0.29, 0.717) is 12.0 Å². The highest BCUT2D eigenvalue weighted by Gasteiger charge is 2.41. The number of rotatable bonds is 6. The number of hydrogen-bond donors (Lipinski definition) is 1. The number of nitrogens with one attached hydrogen (secondary N) is 1. The number of likely N-dealkylation sites (tertiary alicyclic amines) is 1. The Kier molecular flexibility index (Phi) is 6.65. The Morgan fingerprint density at radius 1 is 1.35 bits per heavy atom. The highest BCUT2D eigenvalue weighted by atomic mass is 16.5. The summed E-state index contributed by atoms with van der Waals surface area (Å²) in [7, 11) is 1.53. The van der Waals surface area contributed by atoms with Crippen LogP contribution >= 0.6 is 0 Å². The zero-order chi connectivity index (χ0) is 18.4. The number of esters is 1. The fraction of sp³-hybridized carbons (Fsp3) is 0.714. The fourth-order valence-corrected chi connectivity index (χ4v) is 4.62. The number of ether oxygens (including phenoxy) is 1. The zero-order valence-corrected chi connectivity index (χ0v) is 16.2. The molecule has 5 nitrogen and oxygen atoms in total. The van der Waals surface area contributed by atoms with Crippen molar-refractivity contribution in [3.63, 3.8) is 0 Å². The van der Waals surface area contributed by atoms with Gasteiger partial charge < -0.3 is 10.1 Å². The van der Waals surface area contributed by atoms with Gasteiger partial charge in [-0.25, -0.2) is 0 Å². The predicted molar refractivity (Wildman–Crippen MR) is 103 cm³/mol. The summed E-state index contributed by atoms with van der Waals surface area (Å²) < 4.78 is 5.15. The Morgan fingerprint density at radius 2 is 2.15 bits per heavy atom. The predicted octanol–water partition coefficient (Wildman–Crippen LogP) is 3.01. The van der Waals surface area contributed by atoms with Crippen molar-refractivity contribution < 1.29 is 9.53 Å². The van der Waals surface area contributed by atoms with E-state index in [9.17, 15) is 4.79 Å². The molecule has 1 aromatic heterocycles. The van der Waals surface area contributed by atoms with Gasteiger partial charge in [0, 0.05) is 38.4 Å². The number of piperidine rings is 1. The summed E-state index contributed by atoms with van der Waals surface area (Å²) in [4.78, 5) is 19.4. The lowest BCUT2D eigenvalue weighted by molar-refractivity contribution is -0.154. The molecule has 0 aromatic carbocycles. The molecule has 2 aliphatic rings. The number of carbonyl (C=O) groups excluding carboxylic acids is 1. The van der Waals surface area contributed by atoms with Crippen molar-refractivity contribution in [1.82, 2.24) is 15.2 Å². The summed E-state index contributed by atoms with van der Waals surface area (Å²) in [5.74, 6) is 0.538. The molecule has 2 heterocycles. The van der Waals surface area contributed by atoms with Crippen LogP contribution in [0.4, 0.5) is 0 Å². The zero-order valence-electron chi connectivity index (χ0n) is 16.2. The molecular formula is C21H33N3O2. The standard InChI is InChI=1S/C21H33N3O2/c1-17-14-24(15-18-8-4-7-12-22-18)13-9-19(17)23-16-21(20(25)26-2)10-5-3-6-11-21/h4,7-8,12,17,19,23H,3,5-6,9-11,13-16H2,1-2H3. The third kappa shape index (κ3) is 4.63. The van der Waals surface area contributed by atoms with Crippen LogP contribution in [0, 0.1) is 11.3 Å². The molecule has 1 aromatic rings. The Balaban J connectivity index is 1.52. The summed E-state index contributed by atoms with van der Waals surface area (Å²) >= 11 is 0. The molecule has 0 radical (unpaired) electrons. The Bertz CT molecular complexity index is 572. The van der Waals surface area contributed by atoms with Crippen LogP contribution in [0.2, 0.25) is 0 Å². The summed E-state index contributed by atoms with van der Waals surface area (Å²) in [6, 6.07) is 6.58. The number of pyridine rings is 1. The first-order valence-electron chi connectivity index (χ1n) is 10.1. The molecule has 1 aliphatic carbocycles. The first-order valence-corrected chi connectivity index (χ1v) is 10.1. The SMILES string of the molecule is COC(=O)C1(CNC2CCN(Cc3ccccn3)CC2C)CCCCC1. The topological polar surface area (TPSA) is 54.5 Å². The molecule has 1 saturated heterocycles. The van der Waals surface area contributed by atoms with E-state index in [0.717, 1.165) is 64.0 Å². The minimum atomic E-state index is -0.308. The first kappa shape index (κ1) is 19.3. The molecule has 1 N–H and O–H groups in total. The van der Waals surface area contributed by atoms with Crippen LogP contribution in [0.1, 0.15) is 51.1 Å². The van der Waals surface area contributed by atoms with Crippen molar-refractivity contribution in [2.75, 3.05) is 26.7 Å². The minimum Gasteiger partial charge on any atom is -0.469 e. The summed E-state index contributed by atoms with van der Waals surface area (Å²) in [6.45, 7) is 6.14. The second kappa shape index (κ2) is 8.96. The molecule has 2 unspecified atom stereocenters. The molecular weight excluding hydrogens is 326 g/mol. The van der Waals surface area contributed by atoms with Gasteiger partial charge in [-0.05, 0) is 37.3 Å². The molecule has 1 saturated carbocycles. The molecule has 5 heteroatoms. The third-order valence-corrected chi connectivity index (χ3v) is 6.23. The van der Waals surface area contributed by atoms with E-state index in [4.69, 9.17) is 4.74 Å². The molecule has 2 atom stereocenters. The number of hydrogen-bond acceptors (Lipinski definition) is 5. The lowest BCUT2D eigenvalue weighted by Crippen LogP contribution is -2.52. The van der Waals surface area contributed by atoms with Gasteiger partial charge in [0.1, 0.15) is 0 Å². The highest BCUT2D eigenvalue weighted by Crippen LogP contribution is 2.37. The number of aromatic nitrogens is 1. The average Bonchev–Trinajstić information content (AvgIpc) is 2.68. The number of methoxy groups -OCH3 is 1. The van der Waals surface area contributed by atoms with Crippen LogP contribution in [0.5, 0.6) is 0 Å².